The number of hydrogen-bond donors (Lipinski definition) is 0. The molecule has 0 saturated carbocycles. The number of benzene rings is 8. The summed E-state index contributed by atoms with van der Waals surface area (Å²) in [7, 11) is 0. The molecule has 6 heteroatoms. The maximum absolute atomic E-state index is 6.78. The van der Waals surface area contributed by atoms with Gasteiger partial charge < -0.3 is 13.9 Å². The molecule has 0 bridgehead atoms. The van der Waals surface area contributed by atoms with Gasteiger partial charge in [-0.05, 0) is 102 Å². The van der Waals surface area contributed by atoms with Crippen molar-refractivity contribution in [3.8, 4) is 62.1 Å². The van der Waals surface area contributed by atoms with E-state index in [0.717, 1.165) is 72.3 Å². The summed E-state index contributed by atoms with van der Waals surface area (Å²) in [5.41, 5.74) is 16.5. The summed E-state index contributed by atoms with van der Waals surface area (Å²) in [4.78, 5) is 4.97. The van der Waals surface area contributed by atoms with Gasteiger partial charge in [-0.25, -0.2) is 4.98 Å². The number of nitrogens with zero attached hydrogens (tertiary/aromatic N) is 4. The molecule has 0 spiro atoms. The Bertz CT molecular complexity index is 3760. The van der Waals surface area contributed by atoms with Gasteiger partial charge in [0, 0.05) is 44.3 Å². The molecule has 1 atom stereocenters. The van der Waals surface area contributed by atoms with Crippen LogP contribution in [0.15, 0.2) is 188 Å². The first kappa shape index (κ1) is 49.3. The number of ether oxygens (including phenoxy) is 1. The normalized spacial score (nSPS) is 12.4. The predicted octanol–water partition coefficient (Wildman–Crippen LogP) is 16.9. The molecule has 366 valence electrons. The van der Waals surface area contributed by atoms with Crippen LogP contribution >= 0.6 is 0 Å². The minimum Gasteiger partial charge on any atom is -0.510 e. The average Bonchev–Trinajstić information content (AvgIpc) is 3.93. The maximum atomic E-state index is 6.78. The Morgan fingerprint density at radius 1 is 0.534 bits per heavy atom. The van der Waals surface area contributed by atoms with Crippen molar-refractivity contribution < 1.29 is 30.4 Å². The van der Waals surface area contributed by atoms with Crippen LogP contribution in [0.5, 0.6) is 11.5 Å². The molecule has 0 amide bonds. The molecule has 0 aliphatic rings. The van der Waals surface area contributed by atoms with Crippen molar-refractivity contribution in [2.75, 3.05) is 0 Å². The number of pyridine rings is 1. The molecule has 0 radical (unpaired) electrons. The Balaban J connectivity index is 0.00000611. The van der Waals surface area contributed by atoms with Crippen molar-refractivity contribution in [2.24, 2.45) is 5.92 Å². The van der Waals surface area contributed by atoms with E-state index in [1.54, 1.807) is 0 Å². The van der Waals surface area contributed by atoms with Gasteiger partial charge in [0.05, 0.1) is 16.7 Å². The molecule has 3 aromatic heterocycles. The van der Waals surface area contributed by atoms with Gasteiger partial charge >= 0.3 is 0 Å². The van der Waals surface area contributed by atoms with Gasteiger partial charge in [-0.15, -0.1) is 29.7 Å². The minimum atomic E-state index is -0.0465. The van der Waals surface area contributed by atoms with Crippen LogP contribution < -0.4 is 9.30 Å². The van der Waals surface area contributed by atoms with Gasteiger partial charge in [0.15, 0.2) is 0 Å². The number of imidazole rings is 1. The third-order valence-electron chi connectivity index (χ3n) is 14.4. The second-order valence-corrected chi connectivity index (χ2v) is 21.6. The van der Waals surface area contributed by atoms with Crippen molar-refractivity contribution in [2.45, 2.75) is 79.1 Å². The third kappa shape index (κ3) is 9.48. The molecular formula is C67H60N4OPt-2. The number of aromatic nitrogens is 4. The summed E-state index contributed by atoms with van der Waals surface area (Å²) in [6.07, 6.45) is 5.78. The van der Waals surface area contributed by atoms with E-state index in [1.807, 2.05) is 24.4 Å². The zero-order valence-electron chi connectivity index (χ0n) is 43.1. The standard InChI is InChI=1S/C67H60N4O.Pt/c1-44(2)45(3)48-34-35-68-64(39-48)71-60-33-30-49(46-20-12-10-13-21-46)38-59(60)58-32-31-55(42-63(58)71)72-54-25-18-24-53(41-54)69-43-70(62-29-17-16-28-61(62)69)65-56(47-22-14-11-15-23-47)26-19-27-57(65)50-36-51(66(4,5)6)40-52(37-50)67(7,8)9;/h10-40,44-45H,1-9H3;/q-2;. The van der Waals surface area contributed by atoms with E-state index in [9.17, 15) is 0 Å². The average molecular weight is 1130 g/mol. The zero-order chi connectivity index (χ0) is 49.9. The summed E-state index contributed by atoms with van der Waals surface area (Å²) in [6, 6.07) is 72.2. The van der Waals surface area contributed by atoms with Crippen molar-refractivity contribution in [3.05, 3.63) is 223 Å². The molecule has 0 fully saturated rings. The van der Waals surface area contributed by atoms with Gasteiger partial charge in [-0.3, -0.25) is 4.57 Å². The fourth-order valence-corrected chi connectivity index (χ4v) is 9.92. The zero-order valence-corrected chi connectivity index (χ0v) is 45.3. The molecule has 5 nitrogen and oxygen atoms in total. The molecule has 1 unspecified atom stereocenters. The van der Waals surface area contributed by atoms with E-state index in [2.05, 4.69) is 258 Å². The first-order valence-electron chi connectivity index (χ1n) is 25.2. The Morgan fingerprint density at radius 2 is 1.18 bits per heavy atom. The van der Waals surface area contributed by atoms with Crippen LogP contribution in [-0.2, 0) is 31.9 Å². The van der Waals surface area contributed by atoms with E-state index in [0.29, 0.717) is 23.3 Å². The SMILES string of the molecule is CC(C)C(C)c1ccnc(-n2c3[c-]c(Oc4[c-]c(-n5[c-][n+](-c6c(-c7ccccc7)cccc6-c6cc(C(C)(C)C)cc(C(C)(C)C)c6)c6ccccc65)ccc4)ccc3c3cc(-c4ccccc4)ccc32)c1.[Pt]. The van der Waals surface area contributed by atoms with E-state index < -0.39 is 0 Å². The minimum absolute atomic E-state index is 0. The van der Waals surface area contributed by atoms with Gasteiger partial charge in [-0.1, -0.05) is 201 Å². The van der Waals surface area contributed by atoms with Crippen LogP contribution in [0.1, 0.15) is 84.9 Å². The Labute approximate surface area is 445 Å². The van der Waals surface area contributed by atoms with Gasteiger partial charge in [-0.2, -0.15) is 18.2 Å². The van der Waals surface area contributed by atoms with Crippen molar-refractivity contribution >= 4 is 32.8 Å². The second-order valence-electron chi connectivity index (χ2n) is 21.6. The van der Waals surface area contributed by atoms with Crippen molar-refractivity contribution in [3.63, 3.8) is 0 Å². The summed E-state index contributed by atoms with van der Waals surface area (Å²) in [5, 5.41) is 2.20. The maximum Gasteiger partial charge on any atom is 0.268 e. The first-order valence-corrected chi connectivity index (χ1v) is 25.2. The van der Waals surface area contributed by atoms with Crippen molar-refractivity contribution in [1.29, 1.82) is 0 Å². The molecule has 3 heterocycles. The molecule has 0 aliphatic heterocycles. The van der Waals surface area contributed by atoms with Gasteiger partial charge in [0.2, 0.25) is 0 Å². The van der Waals surface area contributed by atoms with Crippen LogP contribution in [0.4, 0.5) is 0 Å². The molecule has 73 heavy (non-hydrogen) atoms. The summed E-state index contributed by atoms with van der Waals surface area (Å²) in [5.74, 6) is 2.86. The summed E-state index contributed by atoms with van der Waals surface area (Å²) < 4.78 is 13.3. The molecule has 11 rings (SSSR count). The van der Waals surface area contributed by atoms with Crippen LogP contribution in [0.25, 0.3) is 83.4 Å². The molecular weight excluding hydrogens is 1070 g/mol. The number of hydrogen-bond acceptors (Lipinski definition) is 2. The molecule has 0 N–H and O–H groups in total. The number of fused-ring (bicyclic) bond motifs is 4. The van der Waals surface area contributed by atoms with E-state index in [-0.39, 0.29) is 31.9 Å². The molecule has 11 aromatic rings. The van der Waals surface area contributed by atoms with Gasteiger partial charge in [0.25, 0.3) is 6.33 Å². The Morgan fingerprint density at radius 3 is 1.88 bits per heavy atom. The fourth-order valence-electron chi connectivity index (χ4n) is 9.92. The summed E-state index contributed by atoms with van der Waals surface area (Å²) in [6.45, 7) is 20.6. The molecule has 8 aromatic carbocycles. The quantitative estimate of drug-likeness (QED) is 0.101. The van der Waals surface area contributed by atoms with Crippen LogP contribution in [-0.4, -0.2) is 14.1 Å². The monoisotopic (exact) mass is 1130 g/mol. The largest absolute Gasteiger partial charge is 0.510 e. The third-order valence-corrected chi connectivity index (χ3v) is 14.4. The Kier molecular flexibility index (Phi) is 13.2. The number of rotatable bonds is 10. The smallest absolute Gasteiger partial charge is 0.268 e. The van der Waals surface area contributed by atoms with Crippen molar-refractivity contribution in [1.82, 2.24) is 14.1 Å². The molecule has 0 aliphatic carbocycles. The topological polar surface area (TPSA) is 35.9 Å². The van der Waals surface area contributed by atoms with Gasteiger partial charge in [0.1, 0.15) is 5.82 Å². The second kappa shape index (κ2) is 19.6. The predicted molar refractivity (Wildman–Crippen MR) is 297 cm³/mol. The Hall–Kier alpha value is -7.33. The number of para-hydroxylation sites is 3. The van der Waals surface area contributed by atoms with Crippen LogP contribution in [0, 0.1) is 24.4 Å². The van der Waals surface area contributed by atoms with E-state index in [1.165, 1.54) is 27.8 Å². The summed E-state index contributed by atoms with van der Waals surface area (Å²) >= 11 is 0. The van der Waals surface area contributed by atoms with Crippen LogP contribution in [0.3, 0.4) is 0 Å². The van der Waals surface area contributed by atoms with Crippen LogP contribution in [0.2, 0.25) is 0 Å². The molecule has 0 saturated heterocycles. The fraction of sp³-hybridized carbons (Fsp3) is 0.194. The van der Waals surface area contributed by atoms with E-state index >= 15 is 0 Å². The van der Waals surface area contributed by atoms with E-state index in [4.69, 9.17) is 9.72 Å². The first-order chi connectivity index (χ1) is 34.7.